The van der Waals surface area contributed by atoms with E-state index in [9.17, 15) is 9.90 Å². The third-order valence-corrected chi connectivity index (χ3v) is 7.06. The molecule has 5 N–H and O–H groups in total. The van der Waals surface area contributed by atoms with Gasteiger partial charge in [0.2, 0.25) is 0 Å². The van der Waals surface area contributed by atoms with Crippen molar-refractivity contribution in [1.82, 2.24) is 24.8 Å². The molecule has 0 aliphatic carbocycles. The number of hydrogen-bond donors (Lipinski definition) is 4. The number of urea groups is 1. The molecule has 1 aliphatic rings. The summed E-state index contributed by atoms with van der Waals surface area (Å²) < 4.78 is 8.11. The predicted octanol–water partition coefficient (Wildman–Crippen LogP) is 3.88. The van der Waals surface area contributed by atoms with Crippen molar-refractivity contribution in [1.29, 1.82) is 0 Å². The minimum absolute atomic E-state index is 0.0751. The number of aliphatic hydroxyl groups is 1. The molecule has 3 heterocycles. The topological polar surface area (TPSA) is 131 Å². The zero-order valence-corrected chi connectivity index (χ0v) is 23.0. The lowest BCUT2D eigenvalue weighted by Gasteiger charge is -2.29. The third kappa shape index (κ3) is 6.61. The largest absolute Gasteiger partial charge is 0.388 e. The number of carbonyl (C=O) groups excluding carboxylic acids is 1. The lowest BCUT2D eigenvalue weighted by molar-refractivity contribution is -0.0450. The number of rotatable bonds is 9. The van der Waals surface area contributed by atoms with Gasteiger partial charge in [-0.25, -0.2) is 14.8 Å². The smallest absolute Gasteiger partial charge is 0.319 e. The van der Waals surface area contributed by atoms with Gasteiger partial charge in [-0.05, 0) is 49.4 Å². The van der Waals surface area contributed by atoms with E-state index in [0.29, 0.717) is 37.0 Å². The van der Waals surface area contributed by atoms with Gasteiger partial charge in [-0.15, -0.1) is 0 Å². The number of hydrogen-bond acceptors (Lipinski definition) is 7. The molecule has 0 spiro atoms. The summed E-state index contributed by atoms with van der Waals surface area (Å²) in [5.74, 6) is 0.407. The van der Waals surface area contributed by atoms with Crippen molar-refractivity contribution in [2.45, 2.75) is 77.4 Å². The van der Waals surface area contributed by atoms with E-state index in [2.05, 4.69) is 60.1 Å². The molecule has 10 heteroatoms. The first-order chi connectivity index (χ1) is 18.0. The maximum Gasteiger partial charge on any atom is 0.319 e. The first-order valence-corrected chi connectivity index (χ1v) is 13.3. The lowest BCUT2D eigenvalue weighted by atomic mass is 9.87. The summed E-state index contributed by atoms with van der Waals surface area (Å²) in [6.45, 7) is 12.8. The number of nitrogen functional groups attached to an aromatic ring is 1. The molecular formula is C28H41N7O3. The lowest BCUT2D eigenvalue weighted by Crippen LogP contribution is -2.40. The van der Waals surface area contributed by atoms with E-state index in [4.69, 9.17) is 10.5 Å². The Balaban J connectivity index is 1.24. The molecule has 0 unspecified atom stereocenters. The second-order valence-corrected chi connectivity index (χ2v) is 11.3. The molecular weight excluding hydrogens is 482 g/mol. The van der Waals surface area contributed by atoms with Crippen LogP contribution in [0.1, 0.15) is 59.3 Å². The van der Waals surface area contributed by atoms with E-state index in [0.717, 1.165) is 24.0 Å². The molecule has 3 atom stereocenters. The summed E-state index contributed by atoms with van der Waals surface area (Å²) in [7, 11) is 0. The monoisotopic (exact) mass is 523 g/mol. The Morgan fingerprint density at radius 3 is 2.66 bits per heavy atom. The van der Waals surface area contributed by atoms with Gasteiger partial charge in [-0.3, -0.25) is 4.90 Å². The highest BCUT2D eigenvalue weighted by atomic mass is 16.5. The molecule has 4 rings (SSSR count). The number of amides is 2. The van der Waals surface area contributed by atoms with Gasteiger partial charge in [0.05, 0.1) is 11.5 Å². The predicted molar refractivity (Wildman–Crippen MR) is 150 cm³/mol. The van der Waals surface area contributed by atoms with E-state index in [-0.39, 0.29) is 17.6 Å². The van der Waals surface area contributed by atoms with Gasteiger partial charge >= 0.3 is 6.03 Å². The number of aromatic nitrogens is 3. The van der Waals surface area contributed by atoms with Crippen LogP contribution >= 0.6 is 0 Å². The number of fused-ring (bicyclic) bond motifs is 1. The highest BCUT2D eigenvalue weighted by Gasteiger charge is 2.37. The van der Waals surface area contributed by atoms with Crippen LogP contribution in [0.3, 0.4) is 0 Å². The maximum atomic E-state index is 12.3. The number of anilines is 2. The Labute approximate surface area is 224 Å². The molecule has 1 aromatic carbocycles. The molecule has 2 amide bonds. The van der Waals surface area contributed by atoms with Crippen LogP contribution in [0.5, 0.6) is 0 Å². The van der Waals surface area contributed by atoms with Crippen molar-refractivity contribution >= 4 is 28.6 Å². The Hall–Kier alpha value is -3.21. The fourth-order valence-corrected chi connectivity index (χ4v) is 4.83. The Morgan fingerprint density at radius 2 is 1.97 bits per heavy atom. The summed E-state index contributed by atoms with van der Waals surface area (Å²) in [6.07, 6.45) is 3.29. The molecule has 10 nitrogen and oxygen atoms in total. The standard InChI is InChI=1S/C28H41N7O3/c1-18(2)34(13-6-12-30-27(37)33-20-9-7-19(8-10-20)28(3,4)5)16-21-15-23(36)26(38-21)35-14-11-22-24(29)31-17-32-25(22)35/h7-11,14,17-18,21,23,26,36H,6,12-13,15-16H2,1-5H3,(H2,29,31,32)(H2,30,33,37)/t21-,23+,26+/m0/s1. The van der Waals surface area contributed by atoms with Gasteiger partial charge in [0.15, 0.2) is 6.23 Å². The first-order valence-electron chi connectivity index (χ1n) is 13.3. The minimum atomic E-state index is -0.649. The van der Waals surface area contributed by atoms with Gasteiger partial charge in [0, 0.05) is 44.0 Å². The van der Waals surface area contributed by atoms with Gasteiger partial charge < -0.3 is 30.8 Å². The van der Waals surface area contributed by atoms with Crippen molar-refractivity contribution < 1.29 is 14.6 Å². The molecule has 1 saturated heterocycles. The summed E-state index contributed by atoms with van der Waals surface area (Å²) >= 11 is 0. The van der Waals surface area contributed by atoms with Crippen LogP contribution in [-0.2, 0) is 10.2 Å². The van der Waals surface area contributed by atoms with Crippen molar-refractivity contribution in [2.75, 3.05) is 30.7 Å². The normalized spacial score (nSPS) is 19.9. The molecule has 38 heavy (non-hydrogen) atoms. The van der Waals surface area contributed by atoms with Gasteiger partial charge in [0.25, 0.3) is 0 Å². The van der Waals surface area contributed by atoms with E-state index in [1.807, 2.05) is 41.1 Å². The quantitative estimate of drug-likeness (QED) is 0.313. The van der Waals surface area contributed by atoms with Crippen molar-refractivity contribution in [2.24, 2.45) is 0 Å². The zero-order valence-electron chi connectivity index (χ0n) is 23.0. The number of ether oxygens (including phenoxy) is 1. The molecule has 0 radical (unpaired) electrons. The van der Waals surface area contributed by atoms with E-state index < -0.39 is 12.3 Å². The van der Waals surface area contributed by atoms with Crippen LogP contribution in [0.25, 0.3) is 11.0 Å². The first kappa shape index (κ1) is 27.8. The minimum Gasteiger partial charge on any atom is -0.388 e. The van der Waals surface area contributed by atoms with Gasteiger partial charge in [-0.2, -0.15) is 0 Å². The molecule has 2 aromatic heterocycles. The van der Waals surface area contributed by atoms with Crippen LogP contribution in [0.4, 0.5) is 16.3 Å². The van der Waals surface area contributed by atoms with Crippen molar-refractivity contribution in [3.8, 4) is 0 Å². The van der Waals surface area contributed by atoms with Crippen molar-refractivity contribution in [3.63, 3.8) is 0 Å². The number of carbonyl (C=O) groups is 1. The van der Waals surface area contributed by atoms with Gasteiger partial charge in [-0.1, -0.05) is 32.9 Å². The molecule has 0 saturated carbocycles. The summed E-state index contributed by atoms with van der Waals surface area (Å²) in [6, 6.07) is 9.89. The maximum absolute atomic E-state index is 12.3. The zero-order chi connectivity index (χ0) is 27.4. The number of benzene rings is 1. The van der Waals surface area contributed by atoms with Crippen LogP contribution in [0.15, 0.2) is 42.9 Å². The fourth-order valence-electron chi connectivity index (χ4n) is 4.83. The van der Waals surface area contributed by atoms with Crippen molar-refractivity contribution in [3.05, 3.63) is 48.4 Å². The second-order valence-electron chi connectivity index (χ2n) is 11.3. The SMILES string of the molecule is CC(C)N(CCCNC(=O)Nc1ccc(C(C)(C)C)cc1)C[C@@H]1C[C@@H](O)[C@H](n2ccc3c(N)ncnc32)O1. The van der Waals surface area contributed by atoms with Gasteiger partial charge in [0.1, 0.15) is 23.9 Å². The van der Waals surface area contributed by atoms with Crippen LogP contribution < -0.4 is 16.4 Å². The molecule has 1 fully saturated rings. The molecule has 1 aliphatic heterocycles. The average molecular weight is 524 g/mol. The Morgan fingerprint density at radius 1 is 1.24 bits per heavy atom. The highest BCUT2D eigenvalue weighted by Crippen LogP contribution is 2.33. The number of nitrogens with one attached hydrogen (secondary N) is 2. The summed E-state index contributed by atoms with van der Waals surface area (Å²) in [4.78, 5) is 23.0. The fraction of sp³-hybridized carbons (Fsp3) is 0.536. The average Bonchev–Trinajstić information content (AvgIpc) is 3.44. The van der Waals surface area contributed by atoms with E-state index in [1.54, 1.807) is 0 Å². The van der Waals surface area contributed by atoms with E-state index >= 15 is 0 Å². The van der Waals surface area contributed by atoms with E-state index in [1.165, 1.54) is 11.9 Å². The number of nitrogens with zero attached hydrogens (tertiary/aromatic N) is 4. The number of aliphatic hydroxyl groups excluding tert-OH is 1. The Kier molecular flexibility index (Phi) is 8.54. The molecule has 0 bridgehead atoms. The van der Waals surface area contributed by atoms with Crippen LogP contribution in [0.2, 0.25) is 0 Å². The van der Waals surface area contributed by atoms with Crippen LogP contribution in [-0.4, -0.2) is 68.5 Å². The third-order valence-electron chi connectivity index (χ3n) is 7.06. The van der Waals surface area contributed by atoms with Crippen LogP contribution in [0, 0.1) is 0 Å². The number of nitrogens with two attached hydrogens (primary N) is 1. The summed E-state index contributed by atoms with van der Waals surface area (Å²) in [5.41, 5.74) is 8.68. The Bertz CT molecular complexity index is 1220. The summed E-state index contributed by atoms with van der Waals surface area (Å²) in [5, 5.41) is 17.4. The molecule has 206 valence electrons. The highest BCUT2D eigenvalue weighted by molar-refractivity contribution is 5.89. The second kappa shape index (κ2) is 11.7. The molecule has 3 aromatic rings.